The third kappa shape index (κ3) is 4.19. The van der Waals surface area contributed by atoms with E-state index in [0.29, 0.717) is 5.56 Å². The summed E-state index contributed by atoms with van der Waals surface area (Å²) in [5, 5.41) is -1.19. The van der Waals surface area contributed by atoms with Crippen molar-refractivity contribution in [1.29, 1.82) is 0 Å². The number of furan rings is 1. The minimum Gasteiger partial charge on any atom is -0.468 e. The van der Waals surface area contributed by atoms with Crippen molar-refractivity contribution in [2.24, 2.45) is 0 Å². The van der Waals surface area contributed by atoms with Crippen molar-refractivity contribution in [1.82, 2.24) is 4.72 Å². The van der Waals surface area contributed by atoms with Gasteiger partial charge in [0.15, 0.2) is 9.84 Å². The first kappa shape index (κ1) is 20.3. The number of aryl methyl sites for hydroxylation is 2. The Balaban J connectivity index is 1.98. The minimum absolute atomic E-state index is 0.0670. The molecule has 0 fully saturated rings. The van der Waals surface area contributed by atoms with Gasteiger partial charge >= 0.3 is 0 Å². The summed E-state index contributed by atoms with van der Waals surface area (Å²) in [7, 11) is -7.77. The van der Waals surface area contributed by atoms with Crippen LogP contribution in [-0.4, -0.2) is 23.4 Å². The Morgan fingerprint density at radius 2 is 1.64 bits per heavy atom. The van der Waals surface area contributed by atoms with Crippen LogP contribution in [0.4, 0.5) is 0 Å². The summed E-state index contributed by atoms with van der Waals surface area (Å²) in [5.41, 5.74) is 1.39. The van der Waals surface area contributed by atoms with Crippen molar-refractivity contribution in [3.63, 3.8) is 0 Å². The van der Waals surface area contributed by atoms with Crippen molar-refractivity contribution in [2.45, 2.75) is 28.9 Å². The number of rotatable bonds is 7. The summed E-state index contributed by atoms with van der Waals surface area (Å²) in [6.07, 6.45) is 1.37. The molecule has 0 spiro atoms. The van der Waals surface area contributed by atoms with E-state index in [1.165, 1.54) is 24.5 Å². The van der Waals surface area contributed by atoms with E-state index in [0.717, 1.165) is 5.56 Å². The molecule has 28 heavy (non-hydrogen) atoms. The molecule has 0 amide bonds. The number of nitrogens with one attached hydrogen (secondary N) is 1. The van der Waals surface area contributed by atoms with E-state index in [2.05, 4.69) is 4.72 Å². The predicted molar refractivity (Wildman–Crippen MR) is 106 cm³/mol. The summed E-state index contributed by atoms with van der Waals surface area (Å²) >= 11 is 0. The van der Waals surface area contributed by atoms with E-state index < -0.39 is 25.1 Å². The summed E-state index contributed by atoms with van der Waals surface area (Å²) in [6, 6.07) is 16.1. The van der Waals surface area contributed by atoms with Gasteiger partial charge in [-0.3, -0.25) is 0 Å². The van der Waals surface area contributed by atoms with E-state index in [9.17, 15) is 16.8 Å². The first-order valence-corrected chi connectivity index (χ1v) is 11.6. The van der Waals surface area contributed by atoms with Crippen molar-refractivity contribution in [3.8, 4) is 0 Å². The van der Waals surface area contributed by atoms with Crippen molar-refractivity contribution >= 4 is 19.9 Å². The molecule has 8 heteroatoms. The molecular formula is C20H21NO5S2. The fourth-order valence-electron chi connectivity index (χ4n) is 2.87. The molecule has 1 aromatic heterocycles. The first-order valence-electron chi connectivity index (χ1n) is 8.61. The average molecular weight is 420 g/mol. The molecule has 1 atom stereocenters. The lowest BCUT2D eigenvalue weighted by Crippen LogP contribution is -2.32. The molecule has 3 aromatic rings. The molecule has 2 aromatic carbocycles. The highest BCUT2D eigenvalue weighted by Crippen LogP contribution is 2.31. The average Bonchev–Trinajstić information content (AvgIpc) is 3.18. The Labute approximate surface area is 165 Å². The highest BCUT2D eigenvalue weighted by molar-refractivity contribution is 7.92. The molecule has 0 unspecified atom stereocenters. The number of sulfonamides is 1. The van der Waals surface area contributed by atoms with Crippen LogP contribution in [0.3, 0.4) is 0 Å². The Bertz CT molecular complexity index is 1150. The van der Waals surface area contributed by atoms with Gasteiger partial charge in [-0.2, -0.15) is 0 Å². The van der Waals surface area contributed by atoms with Gasteiger partial charge < -0.3 is 4.42 Å². The third-order valence-corrected chi connectivity index (χ3v) is 8.04. The van der Waals surface area contributed by atoms with Crippen LogP contribution in [0.5, 0.6) is 0 Å². The van der Waals surface area contributed by atoms with Crippen molar-refractivity contribution in [2.75, 3.05) is 6.54 Å². The van der Waals surface area contributed by atoms with E-state index in [1.807, 2.05) is 6.07 Å². The number of benzene rings is 2. The molecule has 0 saturated carbocycles. The van der Waals surface area contributed by atoms with Gasteiger partial charge in [0.1, 0.15) is 11.0 Å². The Morgan fingerprint density at radius 1 is 0.929 bits per heavy atom. The second-order valence-corrected chi connectivity index (χ2v) is 10.3. The maximum atomic E-state index is 13.4. The third-order valence-electron chi connectivity index (χ3n) is 4.40. The van der Waals surface area contributed by atoms with Gasteiger partial charge in [-0.25, -0.2) is 21.6 Å². The second kappa shape index (κ2) is 7.90. The van der Waals surface area contributed by atoms with E-state index in [1.54, 1.807) is 50.2 Å². The standard InChI is InChI=1S/C20H21NO5S2/c1-15-10-11-16(2)19(13-15)27(22,23)20(18-9-6-12-26-18)14-21-28(24,25)17-7-4-3-5-8-17/h3-13,20-21H,14H2,1-2H3/t20-/m0/s1. The Hall–Kier alpha value is -2.42. The highest BCUT2D eigenvalue weighted by Gasteiger charge is 2.34. The largest absolute Gasteiger partial charge is 0.468 e. The van der Waals surface area contributed by atoms with Gasteiger partial charge in [0.05, 0.1) is 16.1 Å². The maximum Gasteiger partial charge on any atom is 0.240 e. The molecular weight excluding hydrogens is 398 g/mol. The van der Waals surface area contributed by atoms with Crippen molar-refractivity contribution < 1.29 is 21.3 Å². The van der Waals surface area contributed by atoms with Gasteiger partial charge in [-0.1, -0.05) is 30.3 Å². The van der Waals surface area contributed by atoms with Crippen LogP contribution in [0.15, 0.2) is 81.1 Å². The predicted octanol–water partition coefficient (Wildman–Crippen LogP) is 3.39. The number of hydrogen-bond acceptors (Lipinski definition) is 5. The lowest BCUT2D eigenvalue weighted by molar-refractivity contribution is 0.486. The number of sulfone groups is 1. The lowest BCUT2D eigenvalue weighted by atomic mass is 10.2. The summed E-state index contributed by atoms with van der Waals surface area (Å²) in [5.74, 6) is 0.177. The molecule has 0 aliphatic carbocycles. The molecule has 148 valence electrons. The topological polar surface area (TPSA) is 93.5 Å². The van der Waals surface area contributed by atoms with Crippen LogP contribution in [-0.2, 0) is 19.9 Å². The molecule has 6 nitrogen and oxygen atoms in total. The van der Waals surface area contributed by atoms with Crippen LogP contribution < -0.4 is 4.72 Å². The van der Waals surface area contributed by atoms with Crippen LogP contribution in [0.1, 0.15) is 22.1 Å². The van der Waals surface area contributed by atoms with Crippen LogP contribution in [0, 0.1) is 13.8 Å². The van der Waals surface area contributed by atoms with Crippen LogP contribution in [0.2, 0.25) is 0 Å². The second-order valence-electron chi connectivity index (χ2n) is 6.48. The van der Waals surface area contributed by atoms with Gasteiger partial charge in [0, 0.05) is 6.54 Å². The molecule has 1 heterocycles. The molecule has 1 N–H and O–H groups in total. The quantitative estimate of drug-likeness (QED) is 0.634. The normalized spacial score (nSPS) is 13.4. The fraction of sp³-hybridized carbons (Fsp3) is 0.200. The molecule has 0 aliphatic heterocycles. The smallest absolute Gasteiger partial charge is 0.240 e. The fourth-order valence-corrected chi connectivity index (χ4v) is 5.96. The zero-order chi connectivity index (χ0) is 20.4. The molecule has 0 radical (unpaired) electrons. The lowest BCUT2D eigenvalue weighted by Gasteiger charge is -2.18. The molecule has 0 bridgehead atoms. The van der Waals surface area contributed by atoms with E-state index in [4.69, 9.17) is 4.42 Å². The van der Waals surface area contributed by atoms with Gasteiger partial charge in [-0.15, -0.1) is 0 Å². The zero-order valence-electron chi connectivity index (χ0n) is 15.5. The van der Waals surface area contributed by atoms with Crippen LogP contribution >= 0.6 is 0 Å². The Kier molecular flexibility index (Phi) is 5.74. The zero-order valence-corrected chi connectivity index (χ0v) is 17.1. The minimum atomic E-state index is -3.90. The van der Waals surface area contributed by atoms with Gasteiger partial charge in [0.25, 0.3) is 0 Å². The summed E-state index contributed by atoms with van der Waals surface area (Å²) < 4.78 is 59.6. The van der Waals surface area contributed by atoms with Gasteiger partial charge in [-0.05, 0) is 55.3 Å². The molecule has 0 aliphatic rings. The van der Waals surface area contributed by atoms with Gasteiger partial charge in [0.2, 0.25) is 10.0 Å². The Morgan fingerprint density at radius 3 is 2.29 bits per heavy atom. The van der Waals surface area contributed by atoms with E-state index >= 15 is 0 Å². The monoisotopic (exact) mass is 419 g/mol. The van der Waals surface area contributed by atoms with Crippen molar-refractivity contribution in [3.05, 3.63) is 83.8 Å². The first-order chi connectivity index (χ1) is 13.2. The number of hydrogen-bond donors (Lipinski definition) is 1. The summed E-state index contributed by atoms with van der Waals surface area (Å²) in [6.45, 7) is 3.17. The van der Waals surface area contributed by atoms with Crippen LogP contribution in [0.25, 0.3) is 0 Å². The molecule has 0 saturated heterocycles. The maximum absolute atomic E-state index is 13.4. The van der Waals surface area contributed by atoms with E-state index in [-0.39, 0.29) is 22.1 Å². The SMILES string of the molecule is Cc1ccc(C)c(S(=O)(=O)[C@@H](CNS(=O)(=O)c2ccccc2)c2ccco2)c1. The molecule has 3 rings (SSSR count). The highest BCUT2D eigenvalue weighted by atomic mass is 32.2. The summed E-state index contributed by atoms with van der Waals surface area (Å²) in [4.78, 5) is 0.227.